The first-order valence-electron chi connectivity index (χ1n) is 7.52. The Labute approximate surface area is 150 Å². The molecule has 1 heterocycles. The van der Waals surface area contributed by atoms with Crippen molar-refractivity contribution in [2.24, 2.45) is 10.7 Å². The van der Waals surface area contributed by atoms with Crippen LogP contribution in [0, 0.1) is 0 Å². The van der Waals surface area contributed by atoms with Gasteiger partial charge in [-0.05, 0) is 29.8 Å². The first-order valence-corrected chi connectivity index (χ1v) is 8.28. The number of nitrogens with two attached hydrogens (primary N) is 1. The molecule has 126 valence electrons. The largest absolute Gasteiger partial charge is 0.490 e. The van der Waals surface area contributed by atoms with Gasteiger partial charge in [0, 0.05) is 28.2 Å². The number of guanidine groups is 1. The Morgan fingerprint density at radius 2 is 1.88 bits per heavy atom. The second-order valence-electron chi connectivity index (χ2n) is 5.27. The van der Waals surface area contributed by atoms with Crippen LogP contribution in [0.5, 0.6) is 11.5 Å². The molecule has 0 unspecified atom stereocenters. The Balaban J connectivity index is 1.67. The zero-order valence-corrected chi connectivity index (χ0v) is 14.4. The molecular weight excluding hydrogens is 349 g/mol. The lowest BCUT2D eigenvalue weighted by atomic mass is 10.2. The second-order valence-corrected chi connectivity index (χ2v) is 6.12. The van der Waals surface area contributed by atoms with Crippen LogP contribution in [0.1, 0.15) is 12.0 Å². The average molecular weight is 366 g/mol. The van der Waals surface area contributed by atoms with Gasteiger partial charge >= 0.3 is 0 Å². The number of nitrogens with zero attached hydrogens (tertiary/aromatic N) is 1. The number of benzene rings is 2. The van der Waals surface area contributed by atoms with Crippen LogP contribution in [0.4, 0.5) is 5.69 Å². The fourth-order valence-corrected chi connectivity index (χ4v) is 2.72. The summed E-state index contributed by atoms with van der Waals surface area (Å²) in [5, 5.41) is 4.19. The quantitative estimate of drug-likeness (QED) is 0.634. The first kappa shape index (κ1) is 16.7. The van der Waals surface area contributed by atoms with E-state index in [1.165, 1.54) is 0 Å². The summed E-state index contributed by atoms with van der Waals surface area (Å²) in [5.41, 5.74) is 7.57. The minimum absolute atomic E-state index is 0.288. The third-order valence-electron chi connectivity index (χ3n) is 3.45. The van der Waals surface area contributed by atoms with Crippen LogP contribution in [-0.2, 0) is 6.54 Å². The summed E-state index contributed by atoms with van der Waals surface area (Å²) in [6.07, 6.45) is 0.864. The summed E-state index contributed by atoms with van der Waals surface area (Å²) < 4.78 is 11.2. The van der Waals surface area contributed by atoms with Crippen molar-refractivity contribution in [1.82, 2.24) is 0 Å². The van der Waals surface area contributed by atoms with Crippen molar-refractivity contribution in [3.63, 3.8) is 0 Å². The molecule has 0 saturated heterocycles. The van der Waals surface area contributed by atoms with Gasteiger partial charge in [0.15, 0.2) is 17.5 Å². The summed E-state index contributed by atoms with van der Waals surface area (Å²) in [6, 6.07) is 10.8. The molecule has 1 aliphatic heterocycles. The van der Waals surface area contributed by atoms with Gasteiger partial charge in [0.1, 0.15) is 0 Å². The Morgan fingerprint density at radius 3 is 2.67 bits per heavy atom. The Bertz CT molecular complexity index is 765. The van der Waals surface area contributed by atoms with E-state index in [0.717, 1.165) is 23.4 Å². The number of ether oxygens (including phenoxy) is 2. The molecule has 2 aromatic rings. The zero-order valence-electron chi connectivity index (χ0n) is 12.9. The summed E-state index contributed by atoms with van der Waals surface area (Å²) in [7, 11) is 0. The van der Waals surface area contributed by atoms with Gasteiger partial charge in [-0.3, -0.25) is 0 Å². The Kier molecular flexibility index (Phi) is 5.33. The van der Waals surface area contributed by atoms with Crippen molar-refractivity contribution in [2.45, 2.75) is 13.0 Å². The molecule has 0 atom stereocenters. The average Bonchev–Trinajstić information content (AvgIpc) is 2.79. The highest BCUT2D eigenvalue weighted by Crippen LogP contribution is 2.32. The van der Waals surface area contributed by atoms with Crippen LogP contribution >= 0.6 is 23.2 Å². The molecule has 0 saturated carbocycles. The van der Waals surface area contributed by atoms with Crippen molar-refractivity contribution in [3.8, 4) is 11.5 Å². The molecule has 0 amide bonds. The molecule has 24 heavy (non-hydrogen) atoms. The SMILES string of the molecule is NC(=NCc1ccc(Cl)cc1Cl)Nc1ccc2c(c1)OCCCO2. The third kappa shape index (κ3) is 4.24. The third-order valence-corrected chi connectivity index (χ3v) is 4.04. The maximum Gasteiger partial charge on any atom is 0.193 e. The Hall–Kier alpha value is -2.11. The predicted molar refractivity (Wildman–Crippen MR) is 97.5 cm³/mol. The molecule has 2 aromatic carbocycles. The monoisotopic (exact) mass is 365 g/mol. The zero-order chi connectivity index (χ0) is 16.9. The van der Waals surface area contributed by atoms with E-state index in [1.807, 2.05) is 24.3 Å². The highest BCUT2D eigenvalue weighted by molar-refractivity contribution is 6.35. The number of rotatable bonds is 3. The summed E-state index contributed by atoms with van der Waals surface area (Å²) in [6.45, 7) is 1.65. The molecular formula is C17H17Cl2N3O2. The standard InChI is InChI=1S/C17H17Cl2N3O2/c18-12-3-2-11(14(19)8-12)10-21-17(20)22-13-4-5-15-16(9-13)24-7-1-6-23-15/h2-5,8-9H,1,6-7,10H2,(H3,20,21,22). The minimum atomic E-state index is 0.288. The van der Waals surface area contributed by atoms with Crippen LogP contribution in [0.25, 0.3) is 0 Å². The van der Waals surface area contributed by atoms with Crippen molar-refractivity contribution in [3.05, 3.63) is 52.0 Å². The Morgan fingerprint density at radius 1 is 1.08 bits per heavy atom. The lowest BCUT2D eigenvalue weighted by molar-refractivity contribution is 0.297. The fraction of sp³-hybridized carbons (Fsp3) is 0.235. The van der Waals surface area contributed by atoms with Gasteiger partial charge in [-0.25, -0.2) is 4.99 Å². The van der Waals surface area contributed by atoms with E-state index in [-0.39, 0.29) is 5.96 Å². The molecule has 0 radical (unpaired) electrons. The molecule has 0 aromatic heterocycles. The lowest BCUT2D eigenvalue weighted by Gasteiger charge is -2.11. The number of halogens is 2. The van der Waals surface area contributed by atoms with Crippen LogP contribution in [0.3, 0.4) is 0 Å². The number of hydrogen-bond acceptors (Lipinski definition) is 3. The van der Waals surface area contributed by atoms with Gasteiger partial charge < -0.3 is 20.5 Å². The van der Waals surface area contributed by atoms with E-state index < -0.39 is 0 Å². The molecule has 5 nitrogen and oxygen atoms in total. The van der Waals surface area contributed by atoms with E-state index >= 15 is 0 Å². The van der Waals surface area contributed by atoms with Crippen LogP contribution in [0.2, 0.25) is 10.0 Å². The molecule has 3 rings (SSSR count). The number of anilines is 1. The highest BCUT2D eigenvalue weighted by Gasteiger charge is 2.11. The number of fused-ring (bicyclic) bond motifs is 1. The summed E-state index contributed by atoms with van der Waals surface area (Å²) in [5.74, 6) is 1.73. The van der Waals surface area contributed by atoms with Crippen molar-refractivity contribution < 1.29 is 9.47 Å². The first-order chi connectivity index (χ1) is 11.6. The fourth-order valence-electron chi connectivity index (χ4n) is 2.25. The van der Waals surface area contributed by atoms with Crippen LogP contribution in [-0.4, -0.2) is 19.2 Å². The number of hydrogen-bond donors (Lipinski definition) is 2. The summed E-state index contributed by atoms with van der Waals surface area (Å²) >= 11 is 12.0. The minimum Gasteiger partial charge on any atom is -0.490 e. The maximum atomic E-state index is 6.12. The van der Waals surface area contributed by atoms with E-state index in [2.05, 4.69) is 10.3 Å². The number of aliphatic imine (C=N–C) groups is 1. The molecule has 0 spiro atoms. The molecule has 0 bridgehead atoms. The van der Waals surface area contributed by atoms with Gasteiger partial charge in [-0.15, -0.1) is 0 Å². The second kappa shape index (κ2) is 7.64. The molecule has 3 N–H and O–H groups in total. The van der Waals surface area contributed by atoms with Crippen molar-refractivity contribution in [2.75, 3.05) is 18.5 Å². The predicted octanol–water partition coefficient (Wildman–Crippen LogP) is 4.08. The van der Waals surface area contributed by atoms with Crippen LogP contribution < -0.4 is 20.5 Å². The van der Waals surface area contributed by atoms with Gasteiger partial charge in [-0.2, -0.15) is 0 Å². The van der Waals surface area contributed by atoms with E-state index in [1.54, 1.807) is 12.1 Å². The summed E-state index contributed by atoms with van der Waals surface area (Å²) in [4.78, 5) is 4.29. The topological polar surface area (TPSA) is 68.9 Å². The molecule has 0 aliphatic carbocycles. The maximum absolute atomic E-state index is 6.12. The van der Waals surface area contributed by atoms with Gasteiger partial charge in [0.25, 0.3) is 0 Å². The van der Waals surface area contributed by atoms with Crippen molar-refractivity contribution >= 4 is 34.8 Å². The highest BCUT2D eigenvalue weighted by atomic mass is 35.5. The van der Waals surface area contributed by atoms with E-state index in [4.69, 9.17) is 38.4 Å². The van der Waals surface area contributed by atoms with Gasteiger partial charge in [-0.1, -0.05) is 29.3 Å². The smallest absolute Gasteiger partial charge is 0.193 e. The number of nitrogens with one attached hydrogen (secondary N) is 1. The van der Waals surface area contributed by atoms with Gasteiger partial charge in [0.2, 0.25) is 0 Å². The van der Waals surface area contributed by atoms with E-state index in [0.29, 0.717) is 35.6 Å². The van der Waals surface area contributed by atoms with Gasteiger partial charge in [0.05, 0.1) is 19.8 Å². The van der Waals surface area contributed by atoms with E-state index in [9.17, 15) is 0 Å². The van der Waals surface area contributed by atoms with Crippen molar-refractivity contribution in [1.29, 1.82) is 0 Å². The van der Waals surface area contributed by atoms with Crippen LogP contribution in [0.15, 0.2) is 41.4 Å². The molecule has 7 heteroatoms. The molecule has 1 aliphatic rings. The molecule has 0 fully saturated rings. The lowest BCUT2D eigenvalue weighted by Crippen LogP contribution is -2.22. The normalized spacial score (nSPS) is 14.2.